The highest BCUT2D eigenvalue weighted by Gasteiger charge is 2.37. The predicted molar refractivity (Wildman–Crippen MR) is 109 cm³/mol. The van der Waals surface area contributed by atoms with Gasteiger partial charge in [-0.1, -0.05) is 30.3 Å². The summed E-state index contributed by atoms with van der Waals surface area (Å²) in [7, 11) is -3.56. The van der Waals surface area contributed by atoms with Crippen LogP contribution < -0.4 is 5.73 Å². The van der Waals surface area contributed by atoms with Crippen molar-refractivity contribution in [2.45, 2.75) is 32.1 Å². The molecule has 1 amide bonds. The first kappa shape index (κ1) is 23.1. The van der Waals surface area contributed by atoms with E-state index >= 15 is 0 Å². The molecule has 10 heteroatoms. The molecular weight excluding hydrogens is 404 g/mol. The largest absolute Gasteiger partial charge is 0.373 e. The Balaban J connectivity index is 0.00000280. The van der Waals surface area contributed by atoms with Crippen molar-refractivity contribution in [3.05, 3.63) is 35.9 Å². The first-order valence-electron chi connectivity index (χ1n) is 9.29. The topological polar surface area (TPSA) is 96.2 Å². The third-order valence-corrected chi connectivity index (χ3v) is 6.98. The summed E-state index contributed by atoms with van der Waals surface area (Å²) in [5.74, 6) is -0.174. The second kappa shape index (κ2) is 9.51. The molecule has 2 saturated heterocycles. The molecule has 1 aromatic rings. The van der Waals surface area contributed by atoms with Gasteiger partial charge in [-0.25, -0.2) is 0 Å². The predicted octanol–water partition coefficient (Wildman–Crippen LogP) is 0.606. The SMILES string of the molecule is CC1CN(S(=O)(=O)N2CCN(C(=O)C(N)c3ccccc3)CC2)CC(C)O1.Cl. The number of nitrogens with two attached hydrogens (primary N) is 1. The zero-order chi connectivity index (χ0) is 19.6. The molecular formula is C18H29ClN4O4S. The molecule has 3 unspecified atom stereocenters. The molecule has 2 N–H and O–H groups in total. The smallest absolute Gasteiger partial charge is 0.282 e. The van der Waals surface area contributed by atoms with Crippen LogP contribution in [0.25, 0.3) is 0 Å². The van der Waals surface area contributed by atoms with Crippen LogP contribution in [-0.4, -0.2) is 79.3 Å². The van der Waals surface area contributed by atoms with Gasteiger partial charge in [0.1, 0.15) is 6.04 Å². The van der Waals surface area contributed by atoms with Gasteiger partial charge in [0.2, 0.25) is 5.91 Å². The maximum atomic E-state index is 12.9. The Morgan fingerprint density at radius 2 is 1.57 bits per heavy atom. The number of hydrogen-bond donors (Lipinski definition) is 1. The minimum atomic E-state index is -3.56. The van der Waals surface area contributed by atoms with Crippen LogP contribution in [0.2, 0.25) is 0 Å². The van der Waals surface area contributed by atoms with Gasteiger partial charge in [0.15, 0.2) is 0 Å². The van der Waals surface area contributed by atoms with Crippen LogP contribution in [0.4, 0.5) is 0 Å². The summed E-state index contributed by atoms with van der Waals surface area (Å²) in [6.45, 7) is 5.68. The van der Waals surface area contributed by atoms with Crippen molar-refractivity contribution in [1.29, 1.82) is 0 Å². The quantitative estimate of drug-likeness (QED) is 0.751. The molecule has 0 spiro atoms. The zero-order valence-electron chi connectivity index (χ0n) is 16.2. The fourth-order valence-corrected chi connectivity index (χ4v) is 5.37. The molecule has 8 nitrogen and oxygen atoms in total. The van der Waals surface area contributed by atoms with E-state index in [-0.39, 0.29) is 43.6 Å². The molecule has 2 aliphatic rings. The van der Waals surface area contributed by atoms with E-state index in [0.29, 0.717) is 26.2 Å². The molecule has 0 aromatic heterocycles. The summed E-state index contributed by atoms with van der Waals surface area (Å²) < 4.78 is 34.4. The molecule has 1 aromatic carbocycles. The van der Waals surface area contributed by atoms with Gasteiger partial charge in [-0.05, 0) is 19.4 Å². The van der Waals surface area contributed by atoms with Crippen LogP contribution >= 0.6 is 12.4 Å². The first-order chi connectivity index (χ1) is 12.8. The van der Waals surface area contributed by atoms with E-state index in [9.17, 15) is 13.2 Å². The van der Waals surface area contributed by atoms with E-state index in [2.05, 4.69) is 0 Å². The molecule has 3 rings (SSSR count). The van der Waals surface area contributed by atoms with E-state index in [1.54, 1.807) is 4.90 Å². The summed E-state index contributed by atoms with van der Waals surface area (Å²) >= 11 is 0. The van der Waals surface area contributed by atoms with Gasteiger partial charge < -0.3 is 15.4 Å². The number of carbonyl (C=O) groups excluding carboxylic acids is 1. The van der Waals surface area contributed by atoms with Gasteiger partial charge >= 0.3 is 0 Å². The highest BCUT2D eigenvalue weighted by atomic mass is 35.5. The zero-order valence-corrected chi connectivity index (χ0v) is 17.9. The van der Waals surface area contributed by atoms with Crippen LogP contribution in [-0.2, 0) is 19.7 Å². The monoisotopic (exact) mass is 432 g/mol. The molecule has 0 bridgehead atoms. The third-order valence-electron chi connectivity index (χ3n) is 5.01. The lowest BCUT2D eigenvalue weighted by Gasteiger charge is -2.40. The molecule has 28 heavy (non-hydrogen) atoms. The Hall–Kier alpha value is -1.23. The van der Waals surface area contributed by atoms with E-state index < -0.39 is 16.3 Å². The van der Waals surface area contributed by atoms with Crippen molar-refractivity contribution in [3.63, 3.8) is 0 Å². The molecule has 158 valence electrons. The van der Waals surface area contributed by atoms with Crippen molar-refractivity contribution in [2.24, 2.45) is 5.73 Å². The van der Waals surface area contributed by atoms with Crippen molar-refractivity contribution >= 4 is 28.5 Å². The van der Waals surface area contributed by atoms with Crippen molar-refractivity contribution < 1.29 is 17.9 Å². The van der Waals surface area contributed by atoms with Crippen LogP contribution in [0, 0.1) is 0 Å². The lowest BCUT2D eigenvalue weighted by atomic mass is 10.1. The number of amides is 1. The number of morpholine rings is 1. The standard InChI is InChI=1S/C18H28N4O4S.ClH/c1-14-12-22(13-15(2)26-14)27(24,25)21-10-8-20(9-11-21)18(23)17(19)16-6-4-3-5-7-16;/h3-7,14-15,17H,8-13,19H2,1-2H3;1H. The summed E-state index contributed by atoms with van der Waals surface area (Å²) in [4.78, 5) is 14.3. The number of piperazine rings is 1. The van der Waals surface area contributed by atoms with Gasteiger partial charge in [-0.2, -0.15) is 17.0 Å². The maximum absolute atomic E-state index is 12.9. The molecule has 2 aliphatic heterocycles. The summed E-state index contributed by atoms with van der Waals surface area (Å²) in [6, 6.07) is 8.48. The van der Waals surface area contributed by atoms with Gasteiger partial charge in [-0.3, -0.25) is 4.79 Å². The average Bonchev–Trinajstić information content (AvgIpc) is 2.67. The Labute approximate surface area is 173 Å². The Bertz CT molecular complexity index is 746. The highest BCUT2D eigenvalue weighted by Crippen LogP contribution is 2.20. The number of hydrogen-bond acceptors (Lipinski definition) is 5. The molecule has 3 atom stereocenters. The van der Waals surface area contributed by atoms with E-state index in [4.69, 9.17) is 10.5 Å². The summed E-state index contributed by atoms with van der Waals surface area (Å²) in [6.07, 6.45) is -0.259. The summed E-state index contributed by atoms with van der Waals surface area (Å²) in [5.41, 5.74) is 6.85. The Morgan fingerprint density at radius 3 is 2.11 bits per heavy atom. The van der Waals surface area contributed by atoms with Crippen LogP contribution in [0.3, 0.4) is 0 Å². The first-order valence-corrected chi connectivity index (χ1v) is 10.7. The fraction of sp³-hybridized carbons (Fsp3) is 0.611. The second-order valence-electron chi connectivity index (χ2n) is 7.19. The normalized spacial score (nSPS) is 25.8. The molecule has 0 saturated carbocycles. The van der Waals surface area contributed by atoms with Gasteiger partial charge in [-0.15, -0.1) is 12.4 Å². The molecule has 2 heterocycles. The van der Waals surface area contributed by atoms with Crippen molar-refractivity contribution in [1.82, 2.24) is 13.5 Å². The molecule has 2 fully saturated rings. The van der Waals surface area contributed by atoms with Crippen molar-refractivity contribution in [3.8, 4) is 0 Å². The number of rotatable bonds is 4. The van der Waals surface area contributed by atoms with E-state index in [1.807, 2.05) is 44.2 Å². The minimum Gasteiger partial charge on any atom is -0.373 e. The maximum Gasteiger partial charge on any atom is 0.282 e. The number of benzene rings is 1. The number of halogens is 1. The highest BCUT2D eigenvalue weighted by molar-refractivity contribution is 7.86. The number of nitrogens with zero attached hydrogens (tertiary/aromatic N) is 3. The fourth-order valence-electron chi connectivity index (χ4n) is 3.62. The van der Waals surface area contributed by atoms with Gasteiger partial charge in [0.25, 0.3) is 10.2 Å². The van der Waals surface area contributed by atoms with Crippen LogP contribution in [0.5, 0.6) is 0 Å². The van der Waals surface area contributed by atoms with Crippen LogP contribution in [0.1, 0.15) is 25.5 Å². The Morgan fingerprint density at radius 1 is 1.04 bits per heavy atom. The van der Waals surface area contributed by atoms with E-state index in [1.165, 1.54) is 8.61 Å². The van der Waals surface area contributed by atoms with E-state index in [0.717, 1.165) is 5.56 Å². The lowest BCUT2D eigenvalue weighted by molar-refractivity contribution is -0.134. The number of carbonyl (C=O) groups is 1. The second-order valence-corrected chi connectivity index (χ2v) is 9.12. The minimum absolute atomic E-state index is 0. The number of ether oxygens (including phenoxy) is 1. The third kappa shape index (κ3) is 5.03. The molecule has 0 aliphatic carbocycles. The van der Waals surface area contributed by atoms with Gasteiger partial charge in [0, 0.05) is 39.3 Å². The van der Waals surface area contributed by atoms with Crippen molar-refractivity contribution in [2.75, 3.05) is 39.3 Å². The summed E-state index contributed by atoms with van der Waals surface area (Å²) in [5, 5.41) is 0. The average molecular weight is 433 g/mol. The van der Waals surface area contributed by atoms with Gasteiger partial charge in [0.05, 0.1) is 12.2 Å². The molecule has 0 radical (unpaired) electrons. The van der Waals surface area contributed by atoms with Crippen LogP contribution in [0.15, 0.2) is 30.3 Å². The Kier molecular flexibility index (Phi) is 7.83. The lowest BCUT2D eigenvalue weighted by Crippen LogP contribution is -2.58.